The Hall–Kier alpha value is -1.76. The molecule has 0 saturated heterocycles. The highest BCUT2D eigenvalue weighted by Crippen LogP contribution is 2.24. The van der Waals surface area contributed by atoms with E-state index in [1.165, 1.54) is 11.8 Å². The van der Waals surface area contributed by atoms with Crippen LogP contribution in [0.15, 0.2) is 23.6 Å². The van der Waals surface area contributed by atoms with Gasteiger partial charge in [0.1, 0.15) is 5.82 Å². The molecule has 0 saturated carbocycles. The molecule has 2 aromatic rings. The van der Waals surface area contributed by atoms with Gasteiger partial charge in [-0.3, -0.25) is 4.68 Å². The van der Waals surface area contributed by atoms with E-state index < -0.39 is 0 Å². The monoisotopic (exact) mass is 279 g/mol. The van der Waals surface area contributed by atoms with Crippen molar-refractivity contribution >= 4 is 17.6 Å². The Morgan fingerprint density at radius 2 is 2.16 bits per heavy atom. The van der Waals surface area contributed by atoms with E-state index in [9.17, 15) is 0 Å². The lowest BCUT2D eigenvalue weighted by Gasteiger charge is -2.06. The van der Waals surface area contributed by atoms with Crippen molar-refractivity contribution < 1.29 is 4.74 Å². The molecule has 0 radical (unpaired) electrons. The molecule has 7 heteroatoms. The van der Waals surface area contributed by atoms with E-state index in [0.29, 0.717) is 22.8 Å². The molecular formula is C12H17N5OS. The van der Waals surface area contributed by atoms with Gasteiger partial charge in [0.2, 0.25) is 5.88 Å². The zero-order valence-electron chi connectivity index (χ0n) is 11.4. The van der Waals surface area contributed by atoms with Gasteiger partial charge in [0.25, 0.3) is 0 Å². The first-order valence-corrected chi connectivity index (χ1v) is 7.17. The molecule has 6 nitrogen and oxygen atoms in total. The SMILES string of the molecule is CNc1cc(Oc2cnn(C(C)C)c2)nc(SC)n1. The van der Waals surface area contributed by atoms with Crippen LogP contribution >= 0.6 is 11.8 Å². The Morgan fingerprint density at radius 3 is 2.74 bits per heavy atom. The topological polar surface area (TPSA) is 64.9 Å². The zero-order valence-corrected chi connectivity index (χ0v) is 12.2. The van der Waals surface area contributed by atoms with Crippen molar-refractivity contribution in [1.29, 1.82) is 0 Å². The largest absolute Gasteiger partial charge is 0.435 e. The molecule has 102 valence electrons. The quantitative estimate of drug-likeness (QED) is 0.670. The summed E-state index contributed by atoms with van der Waals surface area (Å²) in [5, 5.41) is 7.88. The lowest BCUT2D eigenvalue weighted by molar-refractivity contribution is 0.452. The van der Waals surface area contributed by atoms with Gasteiger partial charge in [-0.1, -0.05) is 11.8 Å². The predicted molar refractivity (Wildman–Crippen MR) is 76.0 cm³/mol. The summed E-state index contributed by atoms with van der Waals surface area (Å²) < 4.78 is 7.54. The number of hydrogen-bond acceptors (Lipinski definition) is 6. The third-order valence-corrected chi connectivity index (χ3v) is 3.00. The Bertz CT molecular complexity index is 533. The minimum absolute atomic E-state index is 0.303. The van der Waals surface area contributed by atoms with Crippen molar-refractivity contribution in [3.8, 4) is 11.6 Å². The molecule has 0 unspecified atom stereocenters. The van der Waals surface area contributed by atoms with E-state index >= 15 is 0 Å². The summed E-state index contributed by atoms with van der Waals surface area (Å²) >= 11 is 1.47. The van der Waals surface area contributed by atoms with Crippen LogP contribution in [0.4, 0.5) is 5.82 Å². The smallest absolute Gasteiger partial charge is 0.225 e. The Kier molecular flexibility index (Phi) is 4.26. The molecule has 19 heavy (non-hydrogen) atoms. The summed E-state index contributed by atoms with van der Waals surface area (Å²) in [6.45, 7) is 4.12. The van der Waals surface area contributed by atoms with E-state index in [2.05, 4.69) is 34.2 Å². The first-order chi connectivity index (χ1) is 9.12. The van der Waals surface area contributed by atoms with Gasteiger partial charge in [0, 0.05) is 19.2 Å². The molecule has 2 heterocycles. The number of thioether (sulfide) groups is 1. The second kappa shape index (κ2) is 5.92. The first kappa shape index (κ1) is 13.7. The van der Waals surface area contributed by atoms with Crippen LogP contribution in [0.25, 0.3) is 0 Å². The summed E-state index contributed by atoms with van der Waals surface area (Å²) in [6.07, 6.45) is 5.46. The van der Waals surface area contributed by atoms with Crippen LogP contribution in [0.2, 0.25) is 0 Å². The minimum atomic E-state index is 0.303. The average Bonchev–Trinajstić information content (AvgIpc) is 2.87. The highest BCUT2D eigenvalue weighted by Gasteiger charge is 2.08. The van der Waals surface area contributed by atoms with Crippen molar-refractivity contribution in [2.75, 3.05) is 18.6 Å². The van der Waals surface area contributed by atoms with Crippen LogP contribution in [-0.2, 0) is 0 Å². The van der Waals surface area contributed by atoms with Crippen LogP contribution in [-0.4, -0.2) is 33.1 Å². The fourth-order valence-corrected chi connectivity index (χ4v) is 1.82. The minimum Gasteiger partial charge on any atom is -0.435 e. The van der Waals surface area contributed by atoms with Crippen molar-refractivity contribution in [2.24, 2.45) is 0 Å². The molecule has 0 aliphatic heterocycles. The van der Waals surface area contributed by atoms with Gasteiger partial charge in [-0.15, -0.1) is 0 Å². The zero-order chi connectivity index (χ0) is 13.8. The number of rotatable bonds is 5. The van der Waals surface area contributed by atoms with Gasteiger partial charge in [0.15, 0.2) is 10.9 Å². The fourth-order valence-electron chi connectivity index (χ4n) is 1.45. The van der Waals surface area contributed by atoms with E-state index in [4.69, 9.17) is 4.74 Å². The summed E-state index contributed by atoms with van der Waals surface area (Å²) in [5.41, 5.74) is 0. The maximum atomic E-state index is 5.71. The fraction of sp³-hybridized carbons (Fsp3) is 0.417. The second-order valence-corrected chi connectivity index (χ2v) is 4.95. The standard InChI is InChI=1S/C12H17N5OS/c1-8(2)17-7-9(6-14-17)18-11-5-10(13-3)15-12(16-11)19-4/h5-8H,1-4H3,(H,13,15,16). The van der Waals surface area contributed by atoms with Crippen molar-refractivity contribution in [3.05, 3.63) is 18.5 Å². The van der Waals surface area contributed by atoms with E-state index in [1.807, 2.05) is 24.2 Å². The van der Waals surface area contributed by atoms with Crippen molar-refractivity contribution in [1.82, 2.24) is 19.7 Å². The summed E-state index contributed by atoms with van der Waals surface area (Å²) in [7, 11) is 1.81. The summed E-state index contributed by atoms with van der Waals surface area (Å²) in [4.78, 5) is 8.59. The molecule has 0 amide bonds. The lowest BCUT2D eigenvalue weighted by Crippen LogP contribution is -2.00. The molecule has 0 aliphatic rings. The second-order valence-electron chi connectivity index (χ2n) is 4.18. The molecular weight excluding hydrogens is 262 g/mol. The molecule has 2 rings (SSSR count). The highest BCUT2D eigenvalue weighted by atomic mass is 32.2. The average molecular weight is 279 g/mol. The van der Waals surface area contributed by atoms with Crippen LogP contribution in [0.1, 0.15) is 19.9 Å². The third-order valence-electron chi connectivity index (χ3n) is 2.45. The number of nitrogens with zero attached hydrogens (tertiary/aromatic N) is 4. The van der Waals surface area contributed by atoms with Crippen LogP contribution in [0.3, 0.4) is 0 Å². The molecule has 0 aromatic carbocycles. The van der Waals surface area contributed by atoms with Gasteiger partial charge in [-0.05, 0) is 20.1 Å². The molecule has 1 N–H and O–H groups in total. The predicted octanol–water partition coefficient (Wildman–Crippen LogP) is 2.81. The molecule has 0 atom stereocenters. The third kappa shape index (κ3) is 3.37. The van der Waals surface area contributed by atoms with Gasteiger partial charge in [-0.25, -0.2) is 4.98 Å². The number of hydrogen-bond donors (Lipinski definition) is 1. The normalized spacial score (nSPS) is 10.8. The molecule has 0 aliphatic carbocycles. The van der Waals surface area contributed by atoms with E-state index in [-0.39, 0.29) is 0 Å². The lowest BCUT2D eigenvalue weighted by atomic mass is 10.4. The maximum absolute atomic E-state index is 5.71. The Balaban J connectivity index is 2.21. The van der Waals surface area contributed by atoms with Crippen molar-refractivity contribution in [2.45, 2.75) is 25.0 Å². The molecule has 0 spiro atoms. The number of ether oxygens (including phenoxy) is 1. The number of anilines is 1. The number of aromatic nitrogens is 4. The highest BCUT2D eigenvalue weighted by molar-refractivity contribution is 7.98. The van der Waals surface area contributed by atoms with Gasteiger partial charge in [-0.2, -0.15) is 10.1 Å². The van der Waals surface area contributed by atoms with E-state index in [0.717, 1.165) is 5.82 Å². The van der Waals surface area contributed by atoms with Crippen LogP contribution < -0.4 is 10.1 Å². The number of nitrogens with one attached hydrogen (secondary N) is 1. The van der Waals surface area contributed by atoms with Gasteiger partial charge in [0.05, 0.1) is 12.4 Å². The van der Waals surface area contributed by atoms with Gasteiger partial charge < -0.3 is 10.1 Å². The van der Waals surface area contributed by atoms with E-state index in [1.54, 1.807) is 12.3 Å². The summed E-state index contributed by atoms with van der Waals surface area (Å²) in [6, 6.07) is 2.06. The Labute approximate surface area is 116 Å². The summed E-state index contributed by atoms with van der Waals surface area (Å²) in [5.74, 6) is 1.90. The molecule has 0 bridgehead atoms. The van der Waals surface area contributed by atoms with Crippen LogP contribution in [0.5, 0.6) is 11.6 Å². The maximum Gasteiger partial charge on any atom is 0.225 e. The van der Waals surface area contributed by atoms with Gasteiger partial charge >= 0.3 is 0 Å². The van der Waals surface area contributed by atoms with Crippen molar-refractivity contribution in [3.63, 3.8) is 0 Å². The Morgan fingerprint density at radius 1 is 1.37 bits per heavy atom. The van der Waals surface area contributed by atoms with Crippen LogP contribution in [0, 0.1) is 0 Å². The molecule has 0 fully saturated rings. The molecule has 2 aromatic heterocycles. The first-order valence-electron chi connectivity index (χ1n) is 5.95.